The van der Waals surface area contributed by atoms with E-state index in [-0.39, 0.29) is 11.5 Å². The fraction of sp³-hybridized carbons (Fsp3) is 0.435. The van der Waals surface area contributed by atoms with Crippen LogP contribution in [0.1, 0.15) is 42.2 Å². The summed E-state index contributed by atoms with van der Waals surface area (Å²) in [6.07, 6.45) is 5.02. The molecule has 7 heteroatoms. The first-order chi connectivity index (χ1) is 14.5. The minimum Gasteiger partial charge on any atom is -0.343 e. The quantitative estimate of drug-likeness (QED) is 0.570. The highest BCUT2D eigenvalue weighted by molar-refractivity contribution is 7.99. The topological polar surface area (TPSA) is 55.2 Å². The van der Waals surface area contributed by atoms with Crippen molar-refractivity contribution in [3.8, 4) is 5.69 Å². The molecule has 0 saturated carbocycles. The number of carbonyl (C=O) groups excluding carboxylic acids is 1. The maximum Gasteiger partial charge on any atom is 0.267 e. The fourth-order valence-electron chi connectivity index (χ4n) is 4.46. The number of hydrogen-bond acceptors (Lipinski definition) is 5. The Balaban J connectivity index is 1.58. The number of aromatic nitrogens is 2. The lowest BCUT2D eigenvalue weighted by molar-refractivity contribution is -0.129. The molecule has 0 bridgehead atoms. The van der Waals surface area contributed by atoms with E-state index in [1.807, 2.05) is 33.7 Å². The number of piperidine rings is 1. The van der Waals surface area contributed by atoms with Crippen LogP contribution in [0.4, 0.5) is 0 Å². The molecule has 0 N–H and O–H groups in total. The molecule has 0 radical (unpaired) electrons. The highest BCUT2D eigenvalue weighted by Gasteiger charge is 2.27. The summed E-state index contributed by atoms with van der Waals surface area (Å²) in [5.41, 5.74) is 3.33. The number of fused-ring (bicyclic) bond motifs is 3. The first-order valence-corrected chi connectivity index (χ1v) is 12.3. The summed E-state index contributed by atoms with van der Waals surface area (Å²) >= 11 is 3.39. The predicted octanol–water partition coefficient (Wildman–Crippen LogP) is 4.35. The summed E-state index contributed by atoms with van der Waals surface area (Å²) in [5, 5.41) is 1.95. The van der Waals surface area contributed by atoms with E-state index < -0.39 is 0 Å². The molecule has 3 aromatic rings. The molecule has 1 fully saturated rings. The highest BCUT2D eigenvalue weighted by atomic mass is 32.2. The van der Waals surface area contributed by atoms with Gasteiger partial charge in [-0.05, 0) is 56.7 Å². The van der Waals surface area contributed by atoms with Crippen LogP contribution in [0.15, 0.2) is 34.2 Å². The van der Waals surface area contributed by atoms with Gasteiger partial charge in [0.05, 0.1) is 11.1 Å². The molecule has 156 valence electrons. The molecule has 5 nitrogen and oxygen atoms in total. The second kappa shape index (κ2) is 7.85. The van der Waals surface area contributed by atoms with Crippen LogP contribution in [-0.2, 0) is 17.6 Å². The summed E-state index contributed by atoms with van der Waals surface area (Å²) in [6, 6.07) is 8.12. The Morgan fingerprint density at radius 2 is 1.90 bits per heavy atom. The smallest absolute Gasteiger partial charge is 0.267 e. The molecule has 0 spiro atoms. The molecule has 0 atom stereocenters. The van der Waals surface area contributed by atoms with Crippen LogP contribution in [0.3, 0.4) is 0 Å². The second-order valence-corrected chi connectivity index (χ2v) is 10.6. The monoisotopic (exact) mass is 439 g/mol. The minimum atomic E-state index is 0.0620. The summed E-state index contributed by atoms with van der Waals surface area (Å²) in [4.78, 5) is 34.5. The molecule has 3 heterocycles. The number of aryl methyl sites for hydroxylation is 3. The maximum atomic E-state index is 13.7. The van der Waals surface area contributed by atoms with Gasteiger partial charge in [-0.2, -0.15) is 0 Å². The van der Waals surface area contributed by atoms with Gasteiger partial charge in [-0.1, -0.05) is 29.5 Å². The van der Waals surface area contributed by atoms with Gasteiger partial charge in [0.1, 0.15) is 4.83 Å². The number of rotatable bonds is 3. The Kier molecular flexibility index (Phi) is 5.19. The van der Waals surface area contributed by atoms with Crippen molar-refractivity contribution in [1.82, 2.24) is 14.5 Å². The van der Waals surface area contributed by atoms with Gasteiger partial charge in [-0.25, -0.2) is 4.98 Å². The number of nitrogens with zero attached hydrogens (tertiary/aromatic N) is 3. The van der Waals surface area contributed by atoms with E-state index >= 15 is 0 Å². The van der Waals surface area contributed by atoms with Crippen molar-refractivity contribution in [2.45, 2.75) is 56.4 Å². The summed E-state index contributed by atoms with van der Waals surface area (Å²) < 4.78 is 1.81. The number of thioether (sulfide) groups is 1. The Morgan fingerprint density at radius 1 is 1.17 bits per heavy atom. The molecule has 30 heavy (non-hydrogen) atoms. The van der Waals surface area contributed by atoms with Gasteiger partial charge in [0, 0.05) is 30.1 Å². The zero-order chi connectivity index (χ0) is 20.8. The van der Waals surface area contributed by atoms with Crippen molar-refractivity contribution < 1.29 is 4.79 Å². The lowest BCUT2D eigenvalue weighted by atomic mass is 10.1. The Labute approximate surface area is 184 Å². The van der Waals surface area contributed by atoms with Crippen LogP contribution in [0.25, 0.3) is 15.9 Å². The van der Waals surface area contributed by atoms with E-state index in [2.05, 4.69) is 6.92 Å². The van der Waals surface area contributed by atoms with E-state index in [0.717, 1.165) is 66.3 Å². The number of likely N-dealkylation sites (tertiary alicyclic amines) is 1. The van der Waals surface area contributed by atoms with Gasteiger partial charge in [0.15, 0.2) is 5.16 Å². The fourth-order valence-corrected chi connectivity index (χ4v) is 6.95. The third kappa shape index (κ3) is 3.48. The number of benzene rings is 1. The van der Waals surface area contributed by atoms with Crippen molar-refractivity contribution in [1.29, 1.82) is 0 Å². The first kappa shape index (κ1) is 19.8. The SMILES string of the molecule is CC(=O)N1CCC(Sc2nc3sc4c(c3c(=O)n2-c2ccc(C)cc2)CCC4)CC1. The van der Waals surface area contributed by atoms with E-state index in [0.29, 0.717) is 5.25 Å². The van der Waals surface area contributed by atoms with Crippen LogP contribution in [-0.4, -0.2) is 38.7 Å². The average molecular weight is 440 g/mol. The van der Waals surface area contributed by atoms with Crippen molar-refractivity contribution in [2.75, 3.05) is 13.1 Å². The maximum absolute atomic E-state index is 13.7. The van der Waals surface area contributed by atoms with E-state index in [4.69, 9.17) is 4.98 Å². The van der Waals surface area contributed by atoms with E-state index in [1.54, 1.807) is 30.0 Å². The van der Waals surface area contributed by atoms with Crippen LogP contribution >= 0.6 is 23.1 Å². The van der Waals surface area contributed by atoms with E-state index in [9.17, 15) is 9.59 Å². The lowest BCUT2D eigenvalue weighted by Gasteiger charge is -2.31. The number of thiophene rings is 1. The summed E-state index contributed by atoms with van der Waals surface area (Å²) in [7, 11) is 0. The van der Waals surface area contributed by atoms with E-state index in [1.165, 1.54) is 16.0 Å². The average Bonchev–Trinajstić information content (AvgIpc) is 3.30. The van der Waals surface area contributed by atoms with Gasteiger partial charge in [-0.3, -0.25) is 14.2 Å². The van der Waals surface area contributed by atoms with Gasteiger partial charge < -0.3 is 4.90 Å². The Bertz CT molecular complexity index is 1170. The van der Waals surface area contributed by atoms with Gasteiger partial charge >= 0.3 is 0 Å². The van der Waals surface area contributed by atoms with Gasteiger partial charge in [0.2, 0.25) is 5.91 Å². The molecule has 2 aromatic heterocycles. The third-order valence-corrected chi connectivity index (χ3v) is 8.63. The zero-order valence-corrected chi connectivity index (χ0v) is 18.9. The largest absolute Gasteiger partial charge is 0.343 e. The third-order valence-electron chi connectivity index (χ3n) is 6.16. The number of carbonyl (C=O) groups is 1. The number of amides is 1. The minimum absolute atomic E-state index is 0.0620. The molecule has 1 saturated heterocycles. The molecule has 1 aliphatic carbocycles. The van der Waals surface area contributed by atoms with Crippen LogP contribution in [0.5, 0.6) is 0 Å². The second-order valence-electron chi connectivity index (χ2n) is 8.23. The van der Waals surface area contributed by atoms with Crippen molar-refractivity contribution in [2.24, 2.45) is 0 Å². The molecule has 2 aliphatic rings. The first-order valence-electron chi connectivity index (χ1n) is 10.6. The zero-order valence-electron chi connectivity index (χ0n) is 17.3. The van der Waals surface area contributed by atoms with Crippen molar-refractivity contribution in [3.63, 3.8) is 0 Å². The Hall–Kier alpha value is -2.12. The molecule has 1 aliphatic heterocycles. The van der Waals surface area contributed by atoms with Crippen LogP contribution in [0.2, 0.25) is 0 Å². The molecular formula is C23H25N3O2S2. The summed E-state index contributed by atoms with van der Waals surface area (Å²) in [6.45, 7) is 5.24. The van der Waals surface area contributed by atoms with Crippen molar-refractivity contribution >= 4 is 39.2 Å². The molecule has 1 amide bonds. The molecule has 5 rings (SSSR count). The Morgan fingerprint density at radius 3 is 2.60 bits per heavy atom. The summed E-state index contributed by atoms with van der Waals surface area (Å²) in [5.74, 6) is 0.141. The van der Waals surface area contributed by atoms with Crippen LogP contribution in [0, 0.1) is 6.92 Å². The predicted molar refractivity (Wildman–Crippen MR) is 123 cm³/mol. The number of hydrogen-bond donors (Lipinski definition) is 0. The standard InChI is InChI=1S/C23H25N3O2S2/c1-14-6-8-16(9-7-14)26-22(28)20-18-4-3-5-19(18)30-21(20)24-23(26)29-17-10-12-25(13-11-17)15(2)27/h6-9,17H,3-5,10-13H2,1-2H3. The molecule has 1 aromatic carbocycles. The van der Waals surface area contributed by atoms with Gasteiger partial charge in [0.25, 0.3) is 5.56 Å². The van der Waals surface area contributed by atoms with Gasteiger partial charge in [-0.15, -0.1) is 11.3 Å². The lowest BCUT2D eigenvalue weighted by Crippen LogP contribution is -2.38. The molecule has 0 unspecified atom stereocenters. The highest BCUT2D eigenvalue weighted by Crippen LogP contribution is 2.37. The molecular weight excluding hydrogens is 414 g/mol. The van der Waals surface area contributed by atoms with Crippen LogP contribution < -0.4 is 5.56 Å². The normalized spacial score (nSPS) is 16.9. The van der Waals surface area contributed by atoms with Crippen molar-refractivity contribution in [3.05, 3.63) is 50.6 Å².